The van der Waals surface area contributed by atoms with E-state index < -0.39 is 0 Å². The van der Waals surface area contributed by atoms with Gasteiger partial charge in [-0.2, -0.15) is 0 Å². The Kier molecular flexibility index (Phi) is 6.00. The van der Waals surface area contributed by atoms with Crippen LogP contribution in [-0.2, 0) is 9.53 Å². The predicted octanol–water partition coefficient (Wildman–Crippen LogP) is 2.65. The lowest BCUT2D eigenvalue weighted by Gasteiger charge is -2.09. The van der Waals surface area contributed by atoms with Crippen molar-refractivity contribution in [2.24, 2.45) is 0 Å². The standard InChI is InChI=1S/C12H18O2/c13-9-5-2-6-10-14-11-12-7-3-1-4-8-12/h1,3,7,9H,2,4-6,8,10-11H2. The van der Waals surface area contributed by atoms with Crippen LogP contribution in [0.1, 0.15) is 32.1 Å². The van der Waals surface area contributed by atoms with Gasteiger partial charge in [-0.15, -0.1) is 0 Å². The van der Waals surface area contributed by atoms with Crippen LogP contribution in [0.4, 0.5) is 0 Å². The van der Waals surface area contributed by atoms with Crippen LogP contribution in [0.15, 0.2) is 23.8 Å². The fraction of sp³-hybridized carbons (Fsp3) is 0.583. The molecule has 0 bridgehead atoms. The van der Waals surface area contributed by atoms with Gasteiger partial charge in [-0.3, -0.25) is 0 Å². The lowest BCUT2D eigenvalue weighted by molar-refractivity contribution is -0.108. The highest BCUT2D eigenvalue weighted by Crippen LogP contribution is 2.11. The number of hydrogen-bond donors (Lipinski definition) is 0. The van der Waals surface area contributed by atoms with Crippen molar-refractivity contribution < 1.29 is 9.53 Å². The zero-order chi connectivity index (χ0) is 10.1. The van der Waals surface area contributed by atoms with Gasteiger partial charge >= 0.3 is 0 Å². The summed E-state index contributed by atoms with van der Waals surface area (Å²) in [6.45, 7) is 1.53. The van der Waals surface area contributed by atoms with Gasteiger partial charge < -0.3 is 9.53 Å². The highest BCUT2D eigenvalue weighted by molar-refractivity contribution is 5.48. The normalized spacial score (nSPS) is 15.3. The van der Waals surface area contributed by atoms with Crippen molar-refractivity contribution in [1.82, 2.24) is 0 Å². The minimum atomic E-state index is 0.662. The van der Waals surface area contributed by atoms with E-state index in [1.54, 1.807) is 0 Å². The molecule has 0 heterocycles. The number of hydrogen-bond acceptors (Lipinski definition) is 2. The van der Waals surface area contributed by atoms with E-state index in [1.165, 1.54) is 5.57 Å². The summed E-state index contributed by atoms with van der Waals surface area (Å²) in [5.74, 6) is 0. The summed E-state index contributed by atoms with van der Waals surface area (Å²) in [6.07, 6.45) is 12.2. The molecule has 0 amide bonds. The first-order valence-corrected chi connectivity index (χ1v) is 5.29. The van der Waals surface area contributed by atoms with Gasteiger partial charge in [-0.1, -0.05) is 18.2 Å². The molecule has 0 radical (unpaired) electrons. The van der Waals surface area contributed by atoms with Crippen LogP contribution in [0.2, 0.25) is 0 Å². The summed E-state index contributed by atoms with van der Waals surface area (Å²) in [6, 6.07) is 0. The summed E-state index contributed by atoms with van der Waals surface area (Å²) < 4.78 is 5.50. The Bertz CT molecular complexity index is 216. The van der Waals surface area contributed by atoms with Gasteiger partial charge in [0.05, 0.1) is 6.61 Å². The smallest absolute Gasteiger partial charge is 0.119 e. The fourth-order valence-corrected chi connectivity index (χ4v) is 1.41. The van der Waals surface area contributed by atoms with Crippen LogP contribution in [0, 0.1) is 0 Å². The quantitative estimate of drug-likeness (QED) is 0.460. The second-order valence-corrected chi connectivity index (χ2v) is 3.51. The first-order valence-electron chi connectivity index (χ1n) is 5.29. The van der Waals surface area contributed by atoms with E-state index in [1.807, 2.05) is 0 Å². The molecule has 0 spiro atoms. The monoisotopic (exact) mass is 194 g/mol. The Hall–Kier alpha value is -0.890. The van der Waals surface area contributed by atoms with Crippen LogP contribution in [-0.4, -0.2) is 19.5 Å². The van der Waals surface area contributed by atoms with Gasteiger partial charge in [0.2, 0.25) is 0 Å². The van der Waals surface area contributed by atoms with E-state index in [2.05, 4.69) is 18.2 Å². The second-order valence-electron chi connectivity index (χ2n) is 3.51. The minimum absolute atomic E-state index is 0.662. The molecule has 0 fully saturated rings. The Morgan fingerprint density at radius 2 is 2.36 bits per heavy atom. The van der Waals surface area contributed by atoms with Crippen LogP contribution in [0.25, 0.3) is 0 Å². The summed E-state index contributed by atoms with van der Waals surface area (Å²) in [4.78, 5) is 10.0. The molecule has 0 saturated carbocycles. The third-order valence-corrected chi connectivity index (χ3v) is 2.25. The van der Waals surface area contributed by atoms with Crippen molar-refractivity contribution in [3.05, 3.63) is 23.8 Å². The molecule has 78 valence electrons. The van der Waals surface area contributed by atoms with Crippen molar-refractivity contribution in [2.75, 3.05) is 13.2 Å². The third-order valence-electron chi connectivity index (χ3n) is 2.25. The van der Waals surface area contributed by atoms with E-state index >= 15 is 0 Å². The number of carbonyl (C=O) groups excluding carboxylic acids is 1. The van der Waals surface area contributed by atoms with Crippen LogP contribution >= 0.6 is 0 Å². The van der Waals surface area contributed by atoms with Crippen molar-refractivity contribution >= 4 is 6.29 Å². The maximum Gasteiger partial charge on any atom is 0.119 e. The summed E-state index contributed by atoms with van der Waals surface area (Å²) in [5, 5.41) is 0. The van der Waals surface area contributed by atoms with Crippen molar-refractivity contribution in [1.29, 1.82) is 0 Å². The SMILES string of the molecule is O=CCCCCOCC1=CC=CCC1. The Labute approximate surface area is 85.6 Å². The summed E-state index contributed by atoms with van der Waals surface area (Å²) in [7, 11) is 0. The molecule has 0 aliphatic heterocycles. The maximum absolute atomic E-state index is 10.0. The van der Waals surface area contributed by atoms with Crippen LogP contribution in [0.5, 0.6) is 0 Å². The average Bonchev–Trinajstić information content (AvgIpc) is 2.25. The van der Waals surface area contributed by atoms with Crippen LogP contribution < -0.4 is 0 Å². The third kappa shape index (κ3) is 4.97. The molecular weight excluding hydrogens is 176 g/mol. The number of aldehydes is 1. The maximum atomic E-state index is 10.0. The number of carbonyl (C=O) groups is 1. The van der Waals surface area contributed by atoms with Crippen molar-refractivity contribution in [2.45, 2.75) is 32.1 Å². The lowest BCUT2D eigenvalue weighted by atomic mass is 10.1. The van der Waals surface area contributed by atoms with Gasteiger partial charge in [0.15, 0.2) is 0 Å². The number of unbranched alkanes of at least 4 members (excludes halogenated alkanes) is 2. The molecule has 0 unspecified atom stereocenters. The number of ether oxygens (including phenoxy) is 1. The first-order chi connectivity index (χ1) is 6.93. The number of allylic oxidation sites excluding steroid dienone is 3. The van der Waals surface area contributed by atoms with Crippen molar-refractivity contribution in [3.8, 4) is 0 Å². The van der Waals surface area contributed by atoms with E-state index in [0.29, 0.717) is 6.42 Å². The van der Waals surface area contributed by atoms with Gasteiger partial charge in [-0.25, -0.2) is 0 Å². The molecule has 0 atom stereocenters. The topological polar surface area (TPSA) is 26.3 Å². The molecule has 2 nitrogen and oxygen atoms in total. The minimum Gasteiger partial charge on any atom is -0.377 e. The number of rotatable bonds is 7. The van der Waals surface area contributed by atoms with Gasteiger partial charge in [0.1, 0.15) is 6.29 Å². The molecule has 1 rings (SSSR count). The molecule has 1 aliphatic carbocycles. The molecule has 0 aromatic rings. The average molecular weight is 194 g/mol. The van der Waals surface area contributed by atoms with Gasteiger partial charge in [0, 0.05) is 13.0 Å². The lowest BCUT2D eigenvalue weighted by Crippen LogP contribution is -2.01. The summed E-state index contributed by atoms with van der Waals surface area (Å²) >= 11 is 0. The first kappa shape index (κ1) is 11.2. The predicted molar refractivity (Wildman–Crippen MR) is 57.2 cm³/mol. The highest BCUT2D eigenvalue weighted by Gasteiger charge is 1.99. The Morgan fingerprint density at radius 1 is 1.43 bits per heavy atom. The van der Waals surface area contributed by atoms with Gasteiger partial charge in [0.25, 0.3) is 0 Å². The zero-order valence-electron chi connectivity index (χ0n) is 8.58. The molecule has 0 aromatic carbocycles. The van der Waals surface area contributed by atoms with E-state index in [4.69, 9.17) is 4.74 Å². The molecule has 14 heavy (non-hydrogen) atoms. The molecule has 1 aliphatic rings. The molecular formula is C12H18O2. The van der Waals surface area contributed by atoms with Gasteiger partial charge in [-0.05, 0) is 31.3 Å². The molecule has 2 heteroatoms. The largest absolute Gasteiger partial charge is 0.377 e. The Morgan fingerprint density at radius 3 is 3.07 bits per heavy atom. The van der Waals surface area contributed by atoms with Crippen LogP contribution in [0.3, 0.4) is 0 Å². The van der Waals surface area contributed by atoms with Crippen molar-refractivity contribution in [3.63, 3.8) is 0 Å². The molecule has 0 N–H and O–H groups in total. The molecule has 0 aromatic heterocycles. The molecule has 0 saturated heterocycles. The van der Waals surface area contributed by atoms with E-state index in [-0.39, 0.29) is 0 Å². The van der Waals surface area contributed by atoms with E-state index in [9.17, 15) is 4.79 Å². The Balaban J connectivity index is 1.95. The zero-order valence-corrected chi connectivity index (χ0v) is 8.58. The summed E-state index contributed by atoms with van der Waals surface area (Å²) in [5.41, 5.74) is 1.38. The van der Waals surface area contributed by atoms with E-state index in [0.717, 1.165) is 45.2 Å². The second kappa shape index (κ2) is 7.51. The fourth-order valence-electron chi connectivity index (χ4n) is 1.41. The highest BCUT2D eigenvalue weighted by atomic mass is 16.5.